The second-order valence-electron chi connectivity index (χ2n) is 3.14. The molecule has 0 saturated carbocycles. The molecule has 2 aromatic rings. The molecule has 1 N–H and O–H groups in total. The molecule has 0 aliphatic heterocycles. The van der Waals surface area contributed by atoms with Crippen LogP contribution in [-0.4, -0.2) is 15.2 Å². The molecule has 0 amide bonds. The first-order valence-corrected chi connectivity index (χ1v) is 4.82. The summed E-state index contributed by atoms with van der Waals surface area (Å²) >= 11 is 5.82. The monoisotopic (exact) mass is 224 g/mol. The average molecular weight is 225 g/mol. The Balaban J connectivity index is 2.37. The van der Waals surface area contributed by atoms with Gasteiger partial charge in [-0.3, -0.25) is 0 Å². The Bertz CT molecular complexity index is 468. The summed E-state index contributed by atoms with van der Waals surface area (Å²) in [5.74, 6) is 0.623. The first kappa shape index (κ1) is 10.1. The predicted octanol–water partition coefficient (Wildman–Crippen LogP) is 2.44. The van der Waals surface area contributed by atoms with Crippen LogP contribution in [0.5, 0.6) is 0 Å². The molecule has 5 heteroatoms. The van der Waals surface area contributed by atoms with Gasteiger partial charge in [0.05, 0.1) is 0 Å². The van der Waals surface area contributed by atoms with Crippen molar-refractivity contribution in [3.8, 4) is 11.5 Å². The van der Waals surface area contributed by atoms with Gasteiger partial charge in [0.2, 0.25) is 0 Å². The average Bonchev–Trinajstić information content (AvgIpc) is 2.66. The van der Waals surface area contributed by atoms with Crippen LogP contribution >= 0.6 is 11.6 Å². The van der Waals surface area contributed by atoms with Crippen molar-refractivity contribution in [3.63, 3.8) is 0 Å². The molecule has 1 heterocycles. The summed E-state index contributed by atoms with van der Waals surface area (Å²) in [6, 6.07) is 7.09. The van der Waals surface area contributed by atoms with Gasteiger partial charge in [0, 0.05) is 10.6 Å². The third-order valence-corrected chi connectivity index (χ3v) is 2.12. The zero-order valence-corrected chi connectivity index (χ0v) is 8.77. The summed E-state index contributed by atoms with van der Waals surface area (Å²) in [4.78, 5) is 4.03. The van der Waals surface area contributed by atoms with Crippen LogP contribution in [0.4, 0.5) is 0 Å². The van der Waals surface area contributed by atoms with Gasteiger partial charge in [0.25, 0.3) is 5.89 Å². The van der Waals surface area contributed by atoms with Gasteiger partial charge in [0.1, 0.15) is 6.10 Å². The third kappa shape index (κ3) is 2.16. The molecule has 0 radical (unpaired) electrons. The maximum atomic E-state index is 9.23. The van der Waals surface area contributed by atoms with Gasteiger partial charge in [0.15, 0.2) is 5.82 Å². The minimum Gasteiger partial charge on any atom is -0.385 e. The van der Waals surface area contributed by atoms with E-state index in [1.54, 1.807) is 25.1 Å². The molecule has 2 rings (SSSR count). The fourth-order valence-electron chi connectivity index (χ4n) is 1.14. The lowest BCUT2D eigenvalue weighted by molar-refractivity contribution is 0.184. The normalized spacial score (nSPS) is 12.7. The fraction of sp³-hybridized carbons (Fsp3) is 0.200. The largest absolute Gasteiger partial charge is 0.385 e. The second-order valence-corrected chi connectivity index (χ2v) is 3.58. The highest BCUT2D eigenvalue weighted by Crippen LogP contribution is 2.22. The number of nitrogens with zero attached hydrogens (tertiary/aromatic N) is 2. The lowest BCUT2D eigenvalue weighted by Crippen LogP contribution is -1.92. The van der Waals surface area contributed by atoms with Gasteiger partial charge < -0.3 is 9.63 Å². The Morgan fingerprint density at radius 1 is 1.47 bits per heavy atom. The van der Waals surface area contributed by atoms with Crippen molar-refractivity contribution >= 4 is 11.6 Å². The number of hydrogen-bond acceptors (Lipinski definition) is 4. The molecule has 15 heavy (non-hydrogen) atoms. The van der Waals surface area contributed by atoms with E-state index in [0.29, 0.717) is 10.9 Å². The summed E-state index contributed by atoms with van der Waals surface area (Å²) in [6.45, 7) is 1.58. The van der Waals surface area contributed by atoms with Crippen molar-refractivity contribution < 1.29 is 9.63 Å². The van der Waals surface area contributed by atoms with Crippen molar-refractivity contribution in [2.45, 2.75) is 13.0 Å². The molecule has 0 unspecified atom stereocenters. The summed E-state index contributed by atoms with van der Waals surface area (Å²) in [5.41, 5.74) is 0.738. The minimum atomic E-state index is -0.735. The molecule has 0 aliphatic carbocycles. The Morgan fingerprint density at radius 3 is 2.87 bits per heavy atom. The zero-order chi connectivity index (χ0) is 10.8. The van der Waals surface area contributed by atoms with Gasteiger partial charge in [-0.05, 0) is 25.1 Å². The predicted molar refractivity (Wildman–Crippen MR) is 55.4 cm³/mol. The van der Waals surface area contributed by atoms with Crippen LogP contribution in [0, 0.1) is 0 Å². The Hall–Kier alpha value is -1.39. The fourth-order valence-corrected chi connectivity index (χ4v) is 1.33. The van der Waals surface area contributed by atoms with Gasteiger partial charge >= 0.3 is 0 Å². The number of hydrogen-bond donors (Lipinski definition) is 1. The van der Waals surface area contributed by atoms with Crippen LogP contribution in [0.3, 0.4) is 0 Å². The first-order valence-electron chi connectivity index (χ1n) is 4.44. The van der Waals surface area contributed by atoms with Crippen LogP contribution in [0.1, 0.15) is 18.9 Å². The van der Waals surface area contributed by atoms with Crippen LogP contribution in [0.25, 0.3) is 11.5 Å². The molecular formula is C10H9ClN2O2. The molecule has 0 spiro atoms. The van der Waals surface area contributed by atoms with Crippen molar-refractivity contribution in [2.75, 3.05) is 0 Å². The Morgan fingerprint density at radius 2 is 2.27 bits per heavy atom. The summed E-state index contributed by atoms with van der Waals surface area (Å²) < 4.78 is 4.99. The van der Waals surface area contributed by atoms with Gasteiger partial charge in [-0.15, -0.1) is 0 Å². The summed E-state index contributed by atoms with van der Waals surface area (Å²) in [7, 11) is 0. The van der Waals surface area contributed by atoms with Crippen LogP contribution in [-0.2, 0) is 0 Å². The highest BCUT2D eigenvalue weighted by molar-refractivity contribution is 6.30. The molecule has 1 aromatic carbocycles. The summed E-state index contributed by atoms with van der Waals surface area (Å²) in [6.07, 6.45) is -0.735. The SMILES string of the molecule is C[C@@H](O)c1noc(-c2cccc(Cl)c2)n1. The molecule has 4 nitrogen and oxygen atoms in total. The van der Waals surface area contributed by atoms with E-state index in [2.05, 4.69) is 10.1 Å². The third-order valence-electron chi connectivity index (χ3n) is 1.89. The van der Waals surface area contributed by atoms with Gasteiger partial charge in [-0.1, -0.05) is 22.8 Å². The van der Waals surface area contributed by atoms with Crippen molar-refractivity contribution in [2.24, 2.45) is 0 Å². The van der Waals surface area contributed by atoms with Crippen molar-refractivity contribution in [1.29, 1.82) is 0 Å². The van der Waals surface area contributed by atoms with Crippen molar-refractivity contribution in [3.05, 3.63) is 35.1 Å². The number of halogens is 1. The maximum Gasteiger partial charge on any atom is 0.258 e. The molecule has 1 atom stereocenters. The zero-order valence-electron chi connectivity index (χ0n) is 8.01. The molecule has 1 aromatic heterocycles. The van der Waals surface area contributed by atoms with E-state index in [4.69, 9.17) is 16.1 Å². The number of aliphatic hydroxyl groups is 1. The lowest BCUT2D eigenvalue weighted by Gasteiger charge is -1.94. The van der Waals surface area contributed by atoms with E-state index in [-0.39, 0.29) is 5.82 Å². The molecule has 0 saturated heterocycles. The first-order chi connectivity index (χ1) is 7.16. The molecule has 0 fully saturated rings. The minimum absolute atomic E-state index is 0.268. The topological polar surface area (TPSA) is 59.2 Å². The standard InChI is InChI=1S/C10H9ClN2O2/c1-6(14)9-12-10(15-13-9)7-3-2-4-8(11)5-7/h2-6,14H,1H3/t6-/m1/s1. The summed E-state index contributed by atoms with van der Waals surface area (Å²) in [5, 5.41) is 13.5. The van der Waals surface area contributed by atoms with Gasteiger partial charge in [-0.25, -0.2) is 0 Å². The number of aromatic nitrogens is 2. The quantitative estimate of drug-likeness (QED) is 0.851. The van der Waals surface area contributed by atoms with Crippen LogP contribution < -0.4 is 0 Å². The highest BCUT2D eigenvalue weighted by atomic mass is 35.5. The highest BCUT2D eigenvalue weighted by Gasteiger charge is 2.12. The van der Waals surface area contributed by atoms with Crippen molar-refractivity contribution in [1.82, 2.24) is 10.1 Å². The Labute approximate surface area is 91.5 Å². The number of benzene rings is 1. The van der Waals surface area contributed by atoms with Crippen LogP contribution in [0.2, 0.25) is 5.02 Å². The lowest BCUT2D eigenvalue weighted by atomic mass is 10.2. The Kier molecular flexibility index (Phi) is 2.70. The van der Waals surface area contributed by atoms with E-state index in [9.17, 15) is 5.11 Å². The van der Waals surface area contributed by atoms with Crippen LogP contribution in [0.15, 0.2) is 28.8 Å². The molecule has 0 bridgehead atoms. The van der Waals surface area contributed by atoms with E-state index in [1.807, 2.05) is 6.07 Å². The van der Waals surface area contributed by atoms with E-state index in [0.717, 1.165) is 5.56 Å². The molecular weight excluding hydrogens is 216 g/mol. The van der Waals surface area contributed by atoms with E-state index < -0.39 is 6.10 Å². The molecule has 78 valence electrons. The maximum absolute atomic E-state index is 9.23. The van der Waals surface area contributed by atoms with E-state index >= 15 is 0 Å². The second kappa shape index (κ2) is 4.00. The number of aliphatic hydroxyl groups excluding tert-OH is 1. The number of rotatable bonds is 2. The van der Waals surface area contributed by atoms with Gasteiger partial charge in [-0.2, -0.15) is 4.98 Å². The molecule has 0 aliphatic rings. The smallest absolute Gasteiger partial charge is 0.258 e. The van der Waals surface area contributed by atoms with E-state index in [1.165, 1.54) is 0 Å².